The summed E-state index contributed by atoms with van der Waals surface area (Å²) in [5.41, 5.74) is 1.21. The summed E-state index contributed by atoms with van der Waals surface area (Å²) in [5, 5.41) is 8.28. The van der Waals surface area contributed by atoms with E-state index >= 15 is 0 Å². The minimum absolute atomic E-state index is 0.145. The Kier molecular flexibility index (Phi) is 4.88. The molecular formula is C19H18FN3O2. The lowest BCUT2D eigenvalue weighted by Gasteiger charge is -2.09. The summed E-state index contributed by atoms with van der Waals surface area (Å²) in [6, 6.07) is 13.4. The number of fused-ring (bicyclic) bond motifs is 1. The van der Waals surface area contributed by atoms with Crippen molar-refractivity contribution >= 4 is 16.7 Å². The smallest absolute Gasteiger partial charge is 0.275 e. The summed E-state index contributed by atoms with van der Waals surface area (Å²) < 4.78 is 14.3. The molecule has 0 saturated heterocycles. The van der Waals surface area contributed by atoms with Gasteiger partial charge in [0.05, 0.1) is 11.1 Å². The van der Waals surface area contributed by atoms with Gasteiger partial charge in [0, 0.05) is 11.9 Å². The first-order valence-electron chi connectivity index (χ1n) is 8.02. The van der Waals surface area contributed by atoms with Gasteiger partial charge in [-0.2, -0.15) is 5.10 Å². The average molecular weight is 339 g/mol. The van der Waals surface area contributed by atoms with Crippen molar-refractivity contribution in [3.8, 4) is 0 Å². The molecule has 3 rings (SSSR count). The summed E-state index contributed by atoms with van der Waals surface area (Å²) in [4.78, 5) is 24.5. The van der Waals surface area contributed by atoms with Gasteiger partial charge in [-0.25, -0.2) is 9.07 Å². The minimum atomic E-state index is -0.305. The molecule has 5 nitrogen and oxygen atoms in total. The molecule has 1 aromatic heterocycles. The van der Waals surface area contributed by atoms with E-state index in [1.54, 1.807) is 31.2 Å². The van der Waals surface area contributed by atoms with Gasteiger partial charge < -0.3 is 5.32 Å². The standard InChI is InChI=1S/C19H18FN3O2/c1-13-16-7-2-3-8-17(16)19(25)23(22-13)12-18(24)21-10-9-14-5-4-6-15(20)11-14/h2-8,11H,9-10,12H2,1H3,(H,21,24). The van der Waals surface area contributed by atoms with E-state index in [2.05, 4.69) is 10.4 Å². The predicted octanol–water partition coefficient (Wildman–Crippen LogP) is 2.20. The van der Waals surface area contributed by atoms with E-state index in [1.807, 2.05) is 12.1 Å². The van der Waals surface area contributed by atoms with Crippen LogP contribution in [-0.2, 0) is 17.8 Å². The first kappa shape index (κ1) is 16.8. The van der Waals surface area contributed by atoms with E-state index in [0.717, 1.165) is 10.9 Å². The third-order valence-electron chi connectivity index (χ3n) is 3.97. The fraction of sp³-hybridized carbons (Fsp3) is 0.211. The number of rotatable bonds is 5. The van der Waals surface area contributed by atoms with E-state index in [1.165, 1.54) is 16.8 Å². The maximum atomic E-state index is 13.1. The maximum absolute atomic E-state index is 13.1. The van der Waals surface area contributed by atoms with E-state index in [9.17, 15) is 14.0 Å². The number of hydrogen-bond donors (Lipinski definition) is 1. The summed E-state index contributed by atoms with van der Waals surface area (Å²) in [6.07, 6.45) is 0.516. The second kappa shape index (κ2) is 7.25. The molecular weight excluding hydrogens is 321 g/mol. The molecule has 1 N–H and O–H groups in total. The fourth-order valence-corrected chi connectivity index (χ4v) is 2.74. The van der Waals surface area contributed by atoms with Gasteiger partial charge in [0.2, 0.25) is 5.91 Å². The molecule has 6 heteroatoms. The molecule has 0 radical (unpaired) electrons. The molecule has 25 heavy (non-hydrogen) atoms. The molecule has 0 spiro atoms. The van der Waals surface area contributed by atoms with Gasteiger partial charge in [0.1, 0.15) is 12.4 Å². The Balaban J connectivity index is 1.66. The number of benzene rings is 2. The van der Waals surface area contributed by atoms with Crippen LogP contribution < -0.4 is 10.9 Å². The van der Waals surface area contributed by atoms with Crippen molar-refractivity contribution in [2.45, 2.75) is 19.9 Å². The lowest BCUT2D eigenvalue weighted by Crippen LogP contribution is -2.35. The molecule has 0 saturated carbocycles. The molecule has 0 aliphatic rings. The van der Waals surface area contributed by atoms with Gasteiger partial charge in [0.25, 0.3) is 5.56 Å². The van der Waals surface area contributed by atoms with E-state index in [-0.39, 0.29) is 23.8 Å². The zero-order valence-electron chi connectivity index (χ0n) is 13.8. The van der Waals surface area contributed by atoms with Gasteiger partial charge in [0.15, 0.2) is 0 Å². The lowest BCUT2D eigenvalue weighted by molar-refractivity contribution is -0.121. The highest BCUT2D eigenvalue weighted by Gasteiger charge is 2.10. The molecule has 3 aromatic rings. The van der Waals surface area contributed by atoms with Crippen molar-refractivity contribution in [3.05, 3.63) is 76.0 Å². The summed E-state index contributed by atoms with van der Waals surface area (Å²) in [7, 11) is 0. The van der Waals surface area contributed by atoms with Crippen LogP contribution in [0.1, 0.15) is 11.3 Å². The zero-order chi connectivity index (χ0) is 17.8. The van der Waals surface area contributed by atoms with E-state index in [4.69, 9.17) is 0 Å². The van der Waals surface area contributed by atoms with Gasteiger partial charge in [-0.1, -0.05) is 30.3 Å². The Morgan fingerprint density at radius 2 is 1.92 bits per heavy atom. The second-order valence-electron chi connectivity index (χ2n) is 5.82. The molecule has 0 fully saturated rings. The second-order valence-corrected chi connectivity index (χ2v) is 5.82. The number of hydrogen-bond acceptors (Lipinski definition) is 3. The maximum Gasteiger partial charge on any atom is 0.275 e. The first-order valence-corrected chi connectivity index (χ1v) is 8.02. The first-order chi connectivity index (χ1) is 12.0. The number of carbonyl (C=O) groups excluding carboxylic acids is 1. The summed E-state index contributed by atoms with van der Waals surface area (Å²) >= 11 is 0. The summed E-state index contributed by atoms with van der Waals surface area (Å²) in [5.74, 6) is -0.605. The number of amides is 1. The van der Waals surface area contributed by atoms with Crippen molar-refractivity contribution in [1.29, 1.82) is 0 Å². The van der Waals surface area contributed by atoms with E-state index < -0.39 is 0 Å². The fourth-order valence-electron chi connectivity index (χ4n) is 2.74. The van der Waals surface area contributed by atoms with Crippen LogP contribution in [-0.4, -0.2) is 22.2 Å². The predicted molar refractivity (Wildman–Crippen MR) is 93.9 cm³/mol. The van der Waals surface area contributed by atoms with Gasteiger partial charge in [-0.05, 0) is 37.1 Å². The highest BCUT2D eigenvalue weighted by Crippen LogP contribution is 2.11. The van der Waals surface area contributed by atoms with Gasteiger partial charge >= 0.3 is 0 Å². The number of halogens is 1. The normalized spacial score (nSPS) is 10.8. The topological polar surface area (TPSA) is 64.0 Å². The summed E-state index contributed by atoms with van der Waals surface area (Å²) in [6.45, 7) is 2.03. The van der Waals surface area contributed by atoms with Gasteiger partial charge in [-0.3, -0.25) is 9.59 Å². The highest BCUT2D eigenvalue weighted by atomic mass is 19.1. The monoisotopic (exact) mass is 339 g/mol. The Morgan fingerprint density at radius 3 is 2.68 bits per heavy atom. The van der Waals surface area contributed by atoms with Crippen molar-refractivity contribution in [3.63, 3.8) is 0 Å². The van der Waals surface area contributed by atoms with Crippen LogP contribution in [0, 0.1) is 12.7 Å². The van der Waals surface area contributed by atoms with Crippen LogP contribution in [0.15, 0.2) is 53.3 Å². The third-order valence-corrected chi connectivity index (χ3v) is 3.97. The molecule has 1 heterocycles. The number of nitrogens with one attached hydrogen (secondary N) is 1. The molecule has 128 valence electrons. The number of nitrogens with zero attached hydrogens (tertiary/aromatic N) is 2. The molecule has 2 aromatic carbocycles. The Morgan fingerprint density at radius 1 is 1.16 bits per heavy atom. The zero-order valence-corrected chi connectivity index (χ0v) is 13.8. The molecule has 0 aliphatic carbocycles. The van der Waals surface area contributed by atoms with E-state index in [0.29, 0.717) is 24.0 Å². The van der Waals surface area contributed by atoms with Crippen molar-refractivity contribution in [1.82, 2.24) is 15.1 Å². The average Bonchev–Trinajstić information content (AvgIpc) is 2.59. The SMILES string of the molecule is Cc1nn(CC(=O)NCCc2cccc(F)c2)c(=O)c2ccccc12. The number of aryl methyl sites for hydroxylation is 1. The Hall–Kier alpha value is -3.02. The van der Waals surface area contributed by atoms with Gasteiger partial charge in [-0.15, -0.1) is 0 Å². The van der Waals surface area contributed by atoms with Crippen LogP contribution >= 0.6 is 0 Å². The minimum Gasteiger partial charge on any atom is -0.354 e. The largest absolute Gasteiger partial charge is 0.354 e. The Bertz CT molecular complexity index is 982. The number of carbonyl (C=O) groups is 1. The van der Waals surface area contributed by atoms with Crippen LogP contribution in [0.25, 0.3) is 10.8 Å². The molecule has 1 amide bonds. The van der Waals surface area contributed by atoms with Crippen LogP contribution in [0.5, 0.6) is 0 Å². The molecule has 0 atom stereocenters. The highest BCUT2D eigenvalue weighted by molar-refractivity contribution is 5.83. The Labute approximate surface area is 144 Å². The molecule has 0 aliphatic heterocycles. The lowest BCUT2D eigenvalue weighted by atomic mass is 10.1. The van der Waals surface area contributed by atoms with Crippen molar-refractivity contribution in [2.24, 2.45) is 0 Å². The van der Waals surface area contributed by atoms with Crippen LogP contribution in [0.4, 0.5) is 4.39 Å². The number of aromatic nitrogens is 2. The van der Waals surface area contributed by atoms with Crippen LogP contribution in [0.3, 0.4) is 0 Å². The quantitative estimate of drug-likeness (QED) is 0.775. The molecule has 0 unspecified atom stereocenters. The third kappa shape index (κ3) is 3.91. The van der Waals surface area contributed by atoms with Crippen molar-refractivity contribution < 1.29 is 9.18 Å². The van der Waals surface area contributed by atoms with Crippen molar-refractivity contribution in [2.75, 3.05) is 6.54 Å². The molecule has 0 bridgehead atoms. The van der Waals surface area contributed by atoms with Crippen LogP contribution in [0.2, 0.25) is 0 Å².